The molecule has 1 aromatic carbocycles. The van der Waals surface area contributed by atoms with E-state index in [1.165, 1.54) is 0 Å². The van der Waals surface area contributed by atoms with E-state index in [1.54, 1.807) is 29.0 Å². The highest BCUT2D eigenvalue weighted by molar-refractivity contribution is 5.93. The Bertz CT molecular complexity index is 531. The number of hydrogen-bond donors (Lipinski definition) is 0. The third-order valence-electron chi connectivity index (χ3n) is 2.95. The molecule has 0 fully saturated rings. The predicted molar refractivity (Wildman–Crippen MR) is 70.8 cm³/mol. The lowest BCUT2D eigenvalue weighted by Crippen LogP contribution is -2.32. The fourth-order valence-electron chi connectivity index (χ4n) is 1.59. The van der Waals surface area contributed by atoms with Gasteiger partial charge in [0.05, 0.1) is 17.4 Å². The number of carbonyl (C=O) groups is 1. The zero-order chi connectivity index (χ0) is 13.1. The average molecular weight is 243 g/mol. The van der Waals surface area contributed by atoms with Crippen molar-refractivity contribution in [2.75, 3.05) is 7.05 Å². The molecule has 0 aliphatic heterocycles. The standard InChI is InChI=1S/C14H17N3O/c1-11(2)16(3)14(18)12-9-15-17(10-12)13-7-5-4-6-8-13/h4-11H,1-3H3. The van der Waals surface area contributed by atoms with Crippen molar-refractivity contribution in [2.24, 2.45) is 0 Å². The molecule has 4 nitrogen and oxygen atoms in total. The van der Waals surface area contributed by atoms with Gasteiger partial charge in [-0.2, -0.15) is 5.10 Å². The molecule has 0 spiro atoms. The number of para-hydroxylation sites is 1. The normalized spacial score (nSPS) is 10.7. The second-order valence-electron chi connectivity index (χ2n) is 4.52. The summed E-state index contributed by atoms with van der Waals surface area (Å²) in [4.78, 5) is 13.8. The number of aromatic nitrogens is 2. The first-order chi connectivity index (χ1) is 8.59. The SMILES string of the molecule is CC(C)N(C)C(=O)c1cnn(-c2ccccc2)c1. The Labute approximate surface area is 107 Å². The maximum absolute atomic E-state index is 12.1. The number of rotatable bonds is 3. The van der Waals surface area contributed by atoms with Gasteiger partial charge in [-0.1, -0.05) is 18.2 Å². The fourth-order valence-corrected chi connectivity index (χ4v) is 1.59. The molecule has 0 atom stereocenters. The Morgan fingerprint density at radius 1 is 1.28 bits per heavy atom. The second-order valence-corrected chi connectivity index (χ2v) is 4.52. The number of hydrogen-bond acceptors (Lipinski definition) is 2. The Balaban J connectivity index is 2.24. The molecule has 2 rings (SSSR count). The summed E-state index contributed by atoms with van der Waals surface area (Å²) in [6, 6.07) is 9.92. The summed E-state index contributed by atoms with van der Waals surface area (Å²) in [6.07, 6.45) is 3.37. The smallest absolute Gasteiger partial charge is 0.257 e. The van der Waals surface area contributed by atoms with Gasteiger partial charge in [0.15, 0.2) is 0 Å². The minimum absolute atomic E-state index is 0.00724. The molecule has 4 heteroatoms. The molecular formula is C14H17N3O. The van der Waals surface area contributed by atoms with Crippen LogP contribution in [-0.4, -0.2) is 33.7 Å². The first-order valence-corrected chi connectivity index (χ1v) is 5.97. The Hall–Kier alpha value is -2.10. The van der Waals surface area contributed by atoms with Crippen LogP contribution in [0.4, 0.5) is 0 Å². The van der Waals surface area contributed by atoms with Crippen LogP contribution in [0.3, 0.4) is 0 Å². The molecule has 0 saturated heterocycles. The van der Waals surface area contributed by atoms with E-state index in [1.807, 2.05) is 44.2 Å². The fraction of sp³-hybridized carbons (Fsp3) is 0.286. The van der Waals surface area contributed by atoms with Crippen molar-refractivity contribution < 1.29 is 4.79 Å². The van der Waals surface area contributed by atoms with E-state index in [4.69, 9.17) is 0 Å². The van der Waals surface area contributed by atoms with Crippen molar-refractivity contribution in [2.45, 2.75) is 19.9 Å². The van der Waals surface area contributed by atoms with Crippen LogP contribution in [0, 0.1) is 0 Å². The van der Waals surface area contributed by atoms with E-state index in [-0.39, 0.29) is 11.9 Å². The van der Waals surface area contributed by atoms with Crippen molar-refractivity contribution in [1.29, 1.82) is 0 Å². The number of amides is 1. The summed E-state index contributed by atoms with van der Waals surface area (Å²) in [5.74, 6) is -0.00724. The first kappa shape index (κ1) is 12.4. The van der Waals surface area contributed by atoms with Gasteiger partial charge in [-0.05, 0) is 26.0 Å². The molecule has 1 amide bonds. The Morgan fingerprint density at radius 3 is 2.56 bits per heavy atom. The van der Waals surface area contributed by atoms with E-state index in [2.05, 4.69) is 5.10 Å². The molecule has 0 aliphatic carbocycles. The van der Waals surface area contributed by atoms with Gasteiger partial charge in [0.1, 0.15) is 0 Å². The maximum Gasteiger partial charge on any atom is 0.257 e. The third kappa shape index (κ3) is 2.42. The first-order valence-electron chi connectivity index (χ1n) is 5.97. The van der Waals surface area contributed by atoms with Crippen LogP contribution in [0.15, 0.2) is 42.7 Å². The minimum atomic E-state index is -0.00724. The molecule has 0 N–H and O–H groups in total. The van der Waals surface area contributed by atoms with E-state index in [9.17, 15) is 4.79 Å². The molecule has 2 aromatic rings. The summed E-state index contributed by atoms with van der Waals surface area (Å²) in [5, 5.41) is 4.22. The highest BCUT2D eigenvalue weighted by Crippen LogP contribution is 2.10. The van der Waals surface area contributed by atoms with Crippen molar-refractivity contribution in [1.82, 2.24) is 14.7 Å². The second kappa shape index (κ2) is 5.04. The van der Waals surface area contributed by atoms with Crippen LogP contribution in [0.2, 0.25) is 0 Å². The minimum Gasteiger partial charge on any atom is -0.339 e. The Morgan fingerprint density at radius 2 is 1.94 bits per heavy atom. The zero-order valence-corrected chi connectivity index (χ0v) is 10.9. The molecule has 0 radical (unpaired) electrons. The molecule has 0 unspecified atom stereocenters. The van der Waals surface area contributed by atoms with E-state index >= 15 is 0 Å². The summed E-state index contributed by atoms with van der Waals surface area (Å²) in [6.45, 7) is 3.97. The largest absolute Gasteiger partial charge is 0.339 e. The summed E-state index contributed by atoms with van der Waals surface area (Å²) >= 11 is 0. The molecule has 0 aliphatic rings. The van der Waals surface area contributed by atoms with Crippen molar-refractivity contribution in [3.05, 3.63) is 48.3 Å². The lowest BCUT2D eigenvalue weighted by molar-refractivity contribution is 0.0755. The van der Waals surface area contributed by atoms with Crippen molar-refractivity contribution >= 4 is 5.91 Å². The average Bonchev–Trinajstić information content (AvgIpc) is 2.87. The van der Waals surface area contributed by atoms with Gasteiger partial charge in [0.25, 0.3) is 5.91 Å². The van der Waals surface area contributed by atoms with E-state index in [0.29, 0.717) is 5.56 Å². The van der Waals surface area contributed by atoms with Gasteiger partial charge >= 0.3 is 0 Å². The van der Waals surface area contributed by atoms with Crippen LogP contribution in [-0.2, 0) is 0 Å². The van der Waals surface area contributed by atoms with Crippen molar-refractivity contribution in [3.8, 4) is 5.69 Å². The molecule has 18 heavy (non-hydrogen) atoms. The van der Waals surface area contributed by atoms with Crippen molar-refractivity contribution in [3.63, 3.8) is 0 Å². The van der Waals surface area contributed by atoms with Crippen LogP contribution in [0.5, 0.6) is 0 Å². The van der Waals surface area contributed by atoms with Gasteiger partial charge in [-0.15, -0.1) is 0 Å². The Kier molecular flexibility index (Phi) is 3.46. The van der Waals surface area contributed by atoms with Gasteiger partial charge in [-0.3, -0.25) is 4.79 Å². The number of carbonyl (C=O) groups excluding carboxylic acids is 1. The molecule has 0 saturated carbocycles. The molecule has 1 heterocycles. The highest BCUT2D eigenvalue weighted by Gasteiger charge is 2.16. The lowest BCUT2D eigenvalue weighted by Gasteiger charge is -2.20. The van der Waals surface area contributed by atoms with Crippen LogP contribution >= 0.6 is 0 Å². The summed E-state index contributed by atoms with van der Waals surface area (Å²) in [5.41, 5.74) is 1.55. The monoisotopic (exact) mass is 243 g/mol. The quantitative estimate of drug-likeness (QED) is 0.830. The van der Waals surface area contributed by atoms with Gasteiger partial charge in [0, 0.05) is 19.3 Å². The van der Waals surface area contributed by atoms with Gasteiger partial charge < -0.3 is 4.90 Å². The topological polar surface area (TPSA) is 38.1 Å². The van der Waals surface area contributed by atoms with Gasteiger partial charge in [0.2, 0.25) is 0 Å². The molecule has 1 aromatic heterocycles. The van der Waals surface area contributed by atoms with Crippen LogP contribution < -0.4 is 0 Å². The predicted octanol–water partition coefficient (Wildman–Crippen LogP) is 2.35. The van der Waals surface area contributed by atoms with Crippen LogP contribution in [0.25, 0.3) is 5.69 Å². The van der Waals surface area contributed by atoms with E-state index < -0.39 is 0 Å². The lowest BCUT2D eigenvalue weighted by atomic mass is 10.2. The number of nitrogens with zero attached hydrogens (tertiary/aromatic N) is 3. The molecule has 0 bridgehead atoms. The van der Waals surface area contributed by atoms with Crippen LogP contribution in [0.1, 0.15) is 24.2 Å². The van der Waals surface area contributed by atoms with Gasteiger partial charge in [-0.25, -0.2) is 4.68 Å². The molecular weight excluding hydrogens is 226 g/mol. The number of benzene rings is 1. The zero-order valence-electron chi connectivity index (χ0n) is 10.9. The highest BCUT2D eigenvalue weighted by atomic mass is 16.2. The maximum atomic E-state index is 12.1. The molecule has 94 valence electrons. The summed E-state index contributed by atoms with van der Waals surface area (Å²) in [7, 11) is 1.80. The van der Waals surface area contributed by atoms with E-state index in [0.717, 1.165) is 5.69 Å². The third-order valence-corrected chi connectivity index (χ3v) is 2.95. The summed E-state index contributed by atoms with van der Waals surface area (Å²) < 4.78 is 1.71.